The van der Waals surface area contributed by atoms with E-state index in [1.807, 2.05) is 6.92 Å². The molecule has 1 rings (SSSR count). The first-order chi connectivity index (χ1) is 7.12. The molecule has 0 aromatic heterocycles. The van der Waals surface area contributed by atoms with Gasteiger partial charge in [0.05, 0.1) is 18.2 Å². The Morgan fingerprint density at radius 3 is 2.60 bits per heavy atom. The largest absolute Gasteiger partial charge is 0.383 e. The Morgan fingerprint density at radius 2 is 2.13 bits per heavy atom. The molecule has 4 heteroatoms. The molecule has 0 heterocycles. The third-order valence-corrected chi connectivity index (χ3v) is 3.14. The molecule has 1 aliphatic rings. The fourth-order valence-corrected chi connectivity index (χ4v) is 2.02. The number of carbonyl (C=O) groups excluding carboxylic acids is 1. The van der Waals surface area contributed by atoms with Gasteiger partial charge in [0.2, 0.25) is 5.91 Å². The van der Waals surface area contributed by atoms with Gasteiger partial charge in [0, 0.05) is 7.11 Å². The van der Waals surface area contributed by atoms with Crippen molar-refractivity contribution in [2.24, 2.45) is 5.73 Å². The first kappa shape index (κ1) is 12.5. The molecule has 0 radical (unpaired) electrons. The summed E-state index contributed by atoms with van der Waals surface area (Å²) in [6.07, 6.45) is 4.61. The monoisotopic (exact) mass is 214 g/mol. The first-order valence-corrected chi connectivity index (χ1v) is 5.71. The Balaban J connectivity index is 2.45. The van der Waals surface area contributed by atoms with E-state index in [1.54, 1.807) is 7.11 Å². The zero-order valence-corrected chi connectivity index (χ0v) is 9.71. The minimum absolute atomic E-state index is 0.0103. The molecule has 1 saturated carbocycles. The Kier molecular flexibility index (Phi) is 4.54. The van der Waals surface area contributed by atoms with Gasteiger partial charge in [-0.2, -0.15) is 0 Å². The van der Waals surface area contributed by atoms with Crippen LogP contribution >= 0.6 is 0 Å². The average molecular weight is 214 g/mol. The summed E-state index contributed by atoms with van der Waals surface area (Å²) in [5.41, 5.74) is 5.43. The maximum Gasteiger partial charge on any atom is 0.240 e. The predicted octanol–water partition coefficient (Wildman–Crippen LogP) is 0.799. The molecule has 1 amide bonds. The van der Waals surface area contributed by atoms with Crippen LogP contribution in [0.4, 0.5) is 0 Å². The Morgan fingerprint density at radius 1 is 1.53 bits per heavy atom. The van der Waals surface area contributed by atoms with Gasteiger partial charge in [-0.25, -0.2) is 0 Å². The number of nitrogens with two attached hydrogens (primary N) is 1. The zero-order chi connectivity index (χ0) is 11.3. The molecule has 1 fully saturated rings. The Bertz CT molecular complexity index is 213. The number of carbonyl (C=O) groups is 1. The zero-order valence-electron chi connectivity index (χ0n) is 9.71. The molecule has 0 saturated heterocycles. The maximum absolute atomic E-state index is 11.9. The van der Waals surface area contributed by atoms with Crippen LogP contribution in [0.3, 0.4) is 0 Å². The van der Waals surface area contributed by atoms with Crippen LogP contribution < -0.4 is 11.1 Å². The summed E-state index contributed by atoms with van der Waals surface area (Å²) in [7, 11) is 1.64. The van der Waals surface area contributed by atoms with Crippen molar-refractivity contribution in [3.05, 3.63) is 0 Å². The number of hydrogen-bond donors (Lipinski definition) is 2. The van der Waals surface area contributed by atoms with Gasteiger partial charge in [-0.1, -0.05) is 19.8 Å². The number of nitrogens with one attached hydrogen (secondary N) is 1. The molecular weight excluding hydrogens is 192 g/mol. The normalized spacial score (nSPS) is 21.3. The second-order valence-electron chi connectivity index (χ2n) is 4.40. The average Bonchev–Trinajstić information content (AvgIpc) is 2.65. The molecule has 1 aliphatic carbocycles. The van der Waals surface area contributed by atoms with Crippen molar-refractivity contribution in [2.45, 2.75) is 50.6 Å². The van der Waals surface area contributed by atoms with Crippen molar-refractivity contribution >= 4 is 5.91 Å². The highest BCUT2D eigenvalue weighted by Crippen LogP contribution is 2.27. The molecule has 0 aliphatic heterocycles. The van der Waals surface area contributed by atoms with Gasteiger partial charge >= 0.3 is 0 Å². The van der Waals surface area contributed by atoms with E-state index in [-0.39, 0.29) is 11.9 Å². The predicted molar refractivity (Wildman–Crippen MR) is 59.5 cm³/mol. The SMILES string of the molecule is CCC(COC)NC(=O)C1(N)CCCC1. The van der Waals surface area contributed by atoms with E-state index in [2.05, 4.69) is 5.32 Å². The number of rotatable bonds is 5. The molecule has 0 aromatic carbocycles. The molecule has 88 valence electrons. The molecule has 15 heavy (non-hydrogen) atoms. The van der Waals surface area contributed by atoms with E-state index in [1.165, 1.54) is 0 Å². The van der Waals surface area contributed by atoms with Gasteiger partial charge in [-0.3, -0.25) is 4.79 Å². The third-order valence-electron chi connectivity index (χ3n) is 3.14. The molecule has 0 aromatic rings. The van der Waals surface area contributed by atoms with E-state index in [4.69, 9.17) is 10.5 Å². The third kappa shape index (κ3) is 3.18. The van der Waals surface area contributed by atoms with E-state index in [9.17, 15) is 4.79 Å². The van der Waals surface area contributed by atoms with Gasteiger partial charge in [0.25, 0.3) is 0 Å². The van der Waals surface area contributed by atoms with Crippen LogP contribution in [-0.2, 0) is 9.53 Å². The molecular formula is C11H22N2O2. The maximum atomic E-state index is 11.9. The highest BCUT2D eigenvalue weighted by molar-refractivity contribution is 5.86. The summed E-state index contributed by atoms with van der Waals surface area (Å²) < 4.78 is 5.04. The lowest BCUT2D eigenvalue weighted by Gasteiger charge is -2.25. The summed E-state index contributed by atoms with van der Waals surface area (Å²) in [5, 5.41) is 2.96. The van der Waals surface area contributed by atoms with Gasteiger partial charge in [-0.15, -0.1) is 0 Å². The van der Waals surface area contributed by atoms with Crippen molar-refractivity contribution in [1.82, 2.24) is 5.32 Å². The fraction of sp³-hybridized carbons (Fsp3) is 0.909. The molecule has 1 atom stereocenters. The van der Waals surface area contributed by atoms with Gasteiger partial charge < -0.3 is 15.8 Å². The summed E-state index contributed by atoms with van der Waals surface area (Å²) in [6, 6.07) is 0.0866. The second kappa shape index (κ2) is 5.47. The minimum Gasteiger partial charge on any atom is -0.383 e. The molecule has 0 spiro atoms. The number of methoxy groups -OCH3 is 1. The lowest BCUT2D eigenvalue weighted by Crippen LogP contribution is -2.55. The van der Waals surface area contributed by atoms with Gasteiger partial charge in [0.15, 0.2) is 0 Å². The van der Waals surface area contributed by atoms with Crippen LogP contribution in [0.1, 0.15) is 39.0 Å². The number of ether oxygens (including phenoxy) is 1. The first-order valence-electron chi connectivity index (χ1n) is 5.71. The van der Waals surface area contributed by atoms with Gasteiger partial charge in [-0.05, 0) is 19.3 Å². The minimum atomic E-state index is -0.624. The van der Waals surface area contributed by atoms with Crippen molar-refractivity contribution in [3.8, 4) is 0 Å². The standard InChI is InChI=1S/C11H22N2O2/c1-3-9(8-15-2)13-10(14)11(12)6-4-5-7-11/h9H,3-8,12H2,1-2H3,(H,13,14). The molecule has 4 nitrogen and oxygen atoms in total. The van der Waals surface area contributed by atoms with Crippen LogP contribution in [0, 0.1) is 0 Å². The van der Waals surface area contributed by atoms with Crippen LogP contribution in [0.2, 0.25) is 0 Å². The summed E-state index contributed by atoms with van der Waals surface area (Å²) in [4.78, 5) is 11.9. The van der Waals surface area contributed by atoms with Gasteiger partial charge in [0.1, 0.15) is 0 Å². The van der Waals surface area contributed by atoms with E-state index in [0.717, 1.165) is 32.1 Å². The topological polar surface area (TPSA) is 64.3 Å². The van der Waals surface area contributed by atoms with Crippen LogP contribution in [-0.4, -0.2) is 31.2 Å². The highest BCUT2D eigenvalue weighted by Gasteiger charge is 2.37. The van der Waals surface area contributed by atoms with Crippen molar-refractivity contribution in [1.29, 1.82) is 0 Å². The van der Waals surface area contributed by atoms with Crippen LogP contribution in [0.25, 0.3) is 0 Å². The van der Waals surface area contributed by atoms with Crippen LogP contribution in [0.5, 0.6) is 0 Å². The summed E-state index contributed by atoms with van der Waals surface area (Å²) in [6.45, 7) is 2.58. The molecule has 0 bridgehead atoms. The number of amides is 1. The second-order valence-corrected chi connectivity index (χ2v) is 4.40. The van der Waals surface area contributed by atoms with E-state index in [0.29, 0.717) is 6.61 Å². The molecule has 1 unspecified atom stereocenters. The smallest absolute Gasteiger partial charge is 0.240 e. The summed E-state index contributed by atoms with van der Waals surface area (Å²) in [5.74, 6) is -0.0103. The lowest BCUT2D eigenvalue weighted by molar-refractivity contribution is -0.127. The lowest BCUT2D eigenvalue weighted by atomic mass is 9.97. The Hall–Kier alpha value is -0.610. The fourth-order valence-electron chi connectivity index (χ4n) is 2.02. The quantitative estimate of drug-likeness (QED) is 0.711. The van der Waals surface area contributed by atoms with E-state index < -0.39 is 5.54 Å². The molecule has 3 N–H and O–H groups in total. The van der Waals surface area contributed by atoms with Crippen molar-refractivity contribution in [2.75, 3.05) is 13.7 Å². The van der Waals surface area contributed by atoms with E-state index >= 15 is 0 Å². The summed E-state index contributed by atoms with van der Waals surface area (Å²) >= 11 is 0. The Labute approximate surface area is 91.5 Å². The van der Waals surface area contributed by atoms with Crippen molar-refractivity contribution in [3.63, 3.8) is 0 Å². The van der Waals surface area contributed by atoms with Crippen LogP contribution in [0.15, 0.2) is 0 Å². The number of hydrogen-bond acceptors (Lipinski definition) is 3. The highest BCUT2D eigenvalue weighted by atomic mass is 16.5. The van der Waals surface area contributed by atoms with Crippen molar-refractivity contribution < 1.29 is 9.53 Å².